The molecule has 6 nitrogen and oxygen atoms in total. The van der Waals surface area contributed by atoms with E-state index in [0.717, 1.165) is 31.3 Å². The second kappa shape index (κ2) is 12.6. The molecule has 0 bridgehead atoms. The average Bonchev–Trinajstić information content (AvgIpc) is 2.82. The first-order valence-corrected chi connectivity index (χ1v) is 11.0. The van der Waals surface area contributed by atoms with Crippen LogP contribution in [0.5, 0.6) is 0 Å². The van der Waals surface area contributed by atoms with Crippen LogP contribution in [0.2, 0.25) is 0 Å². The molecule has 1 rings (SSSR count). The molecule has 0 aromatic rings. The fourth-order valence-electron chi connectivity index (χ4n) is 3.91. The highest BCUT2D eigenvalue weighted by atomic mass is 16.7. The summed E-state index contributed by atoms with van der Waals surface area (Å²) in [6.45, 7) is 10.4. The molecule has 2 unspecified atom stereocenters. The summed E-state index contributed by atoms with van der Waals surface area (Å²) in [5.74, 6) is -0.754. The first-order valence-electron chi connectivity index (χ1n) is 11.0. The van der Waals surface area contributed by atoms with Crippen LogP contribution in [0.15, 0.2) is 23.3 Å². The smallest absolute Gasteiger partial charge is 0.302 e. The van der Waals surface area contributed by atoms with Crippen molar-refractivity contribution in [3.63, 3.8) is 0 Å². The Hall–Kier alpha value is -1.21. The van der Waals surface area contributed by atoms with Gasteiger partial charge in [0.2, 0.25) is 0 Å². The van der Waals surface area contributed by atoms with Crippen molar-refractivity contribution in [2.24, 2.45) is 5.92 Å². The van der Waals surface area contributed by atoms with Crippen molar-refractivity contribution in [2.75, 3.05) is 27.4 Å². The Bertz CT molecular complexity index is 589. The molecular weight excluding hydrogens is 384 g/mol. The van der Waals surface area contributed by atoms with Gasteiger partial charge < -0.3 is 24.1 Å². The maximum absolute atomic E-state index is 10.9. The minimum Gasteiger partial charge on any atom is -0.462 e. The van der Waals surface area contributed by atoms with Crippen molar-refractivity contribution in [3.05, 3.63) is 23.3 Å². The third-order valence-electron chi connectivity index (χ3n) is 6.24. The maximum Gasteiger partial charge on any atom is 0.302 e. The number of allylic oxidation sites excluding steroid dienone is 1. The molecule has 0 aromatic carbocycles. The third kappa shape index (κ3) is 8.14. The molecule has 174 valence electrons. The second-order valence-electron chi connectivity index (χ2n) is 8.82. The molecular formula is C24H42O6. The number of carbonyl (C=O) groups excluding carboxylic acids is 1. The van der Waals surface area contributed by atoms with Gasteiger partial charge >= 0.3 is 5.97 Å². The van der Waals surface area contributed by atoms with Gasteiger partial charge in [0.15, 0.2) is 5.79 Å². The van der Waals surface area contributed by atoms with Gasteiger partial charge in [-0.25, -0.2) is 0 Å². The molecule has 1 saturated heterocycles. The van der Waals surface area contributed by atoms with Gasteiger partial charge in [0.05, 0.1) is 18.3 Å². The third-order valence-corrected chi connectivity index (χ3v) is 6.24. The lowest BCUT2D eigenvalue weighted by molar-refractivity contribution is -0.236. The number of hydrogen-bond donors (Lipinski definition) is 1. The quantitative estimate of drug-likeness (QED) is 0.297. The number of rotatable bonds is 11. The molecule has 0 aromatic heterocycles. The zero-order chi connectivity index (χ0) is 22.8. The van der Waals surface area contributed by atoms with Crippen LogP contribution in [0.25, 0.3) is 0 Å². The summed E-state index contributed by atoms with van der Waals surface area (Å²) in [4.78, 5) is 10.9. The molecule has 6 heteroatoms. The topological polar surface area (TPSA) is 74.2 Å². The van der Waals surface area contributed by atoms with E-state index in [0.29, 0.717) is 19.4 Å². The largest absolute Gasteiger partial charge is 0.462 e. The first-order chi connectivity index (χ1) is 14.1. The summed E-state index contributed by atoms with van der Waals surface area (Å²) >= 11 is 0. The maximum atomic E-state index is 10.9. The molecule has 30 heavy (non-hydrogen) atoms. The molecule has 1 heterocycles. The first kappa shape index (κ1) is 26.8. The van der Waals surface area contributed by atoms with E-state index in [1.807, 2.05) is 13.0 Å². The molecule has 0 radical (unpaired) electrons. The van der Waals surface area contributed by atoms with Gasteiger partial charge in [-0.15, -0.1) is 0 Å². The lowest BCUT2D eigenvalue weighted by Crippen LogP contribution is -2.42. The Morgan fingerprint density at radius 2 is 2.00 bits per heavy atom. The van der Waals surface area contributed by atoms with Crippen LogP contribution >= 0.6 is 0 Å². The number of ether oxygens (including phenoxy) is 4. The van der Waals surface area contributed by atoms with Crippen LogP contribution in [0.4, 0.5) is 0 Å². The summed E-state index contributed by atoms with van der Waals surface area (Å²) in [5.41, 5.74) is 1.70. The van der Waals surface area contributed by atoms with Gasteiger partial charge in [-0.3, -0.25) is 4.79 Å². The van der Waals surface area contributed by atoms with Crippen molar-refractivity contribution >= 4 is 5.97 Å². The monoisotopic (exact) mass is 426 g/mol. The average molecular weight is 427 g/mol. The summed E-state index contributed by atoms with van der Waals surface area (Å²) in [5, 5.41) is 10.7. The molecule has 1 N–H and O–H groups in total. The second-order valence-corrected chi connectivity index (χ2v) is 8.82. The van der Waals surface area contributed by atoms with Gasteiger partial charge in [0.1, 0.15) is 6.61 Å². The summed E-state index contributed by atoms with van der Waals surface area (Å²) < 4.78 is 22.7. The van der Waals surface area contributed by atoms with Crippen LogP contribution in [0, 0.1) is 5.92 Å². The highest BCUT2D eigenvalue weighted by Gasteiger charge is 2.38. The fourth-order valence-corrected chi connectivity index (χ4v) is 3.91. The standard InChI is InChI=1S/C24H42O6/c1-18(2)12-15-24(27-6,28-7)19(3)9-8-14-23(5)22(26)11-10-21(17-30-23)13-16-29-20(4)25/h12-13,19,22,26H,8-11,14-17H2,1-7H3/t19?,22-,23?/m0/s1. The van der Waals surface area contributed by atoms with E-state index in [9.17, 15) is 9.90 Å². The molecule has 0 spiro atoms. The van der Waals surface area contributed by atoms with Crippen LogP contribution in [0.1, 0.15) is 73.1 Å². The number of methoxy groups -OCH3 is 2. The zero-order valence-corrected chi connectivity index (χ0v) is 20.0. The molecule has 0 amide bonds. The molecule has 0 saturated carbocycles. The van der Waals surface area contributed by atoms with Gasteiger partial charge in [-0.2, -0.15) is 0 Å². The molecule has 1 aliphatic heterocycles. The summed E-state index contributed by atoms with van der Waals surface area (Å²) in [6.07, 6.45) is 8.13. The van der Waals surface area contributed by atoms with E-state index < -0.39 is 17.5 Å². The van der Waals surface area contributed by atoms with Gasteiger partial charge in [0, 0.05) is 33.5 Å². The van der Waals surface area contributed by atoms with Crippen LogP contribution < -0.4 is 0 Å². The van der Waals surface area contributed by atoms with E-state index in [1.165, 1.54) is 12.5 Å². The van der Waals surface area contributed by atoms with Crippen molar-refractivity contribution in [1.82, 2.24) is 0 Å². The predicted molar refractivity (Wildman–Crippen MR) is 118 cm³/mol. The van der Waals surface area contributed by atoms with Crippen molar-refractivity contribution in [2.45, 2.75) is 90.6 Å². The summed E-state index contributed by atoms with van der Waals surface area (Å²) in [6, 6.07) is 0. The normalized spacial score (nSPS) is 24.9. The van der Waals surface area contributed by atoms with Crippen molar-refractivity contribution < 1.29 is 28.8 Å². The van der Waals surface area contributed by atoms with Gasteiger partial charge in [0.25, 0.3) is 0 Å². The Morgan fingerprint density at radius 1 is 1.33 bits per heavy atom. The number of aliphatic hydroxyl groups is 1. The van der Waals surface area contributed by atoms with Crippen molar-refractivity contribution in [3.8, 4) is 0 Å². The highest BCUT2D eigenvalue weighted by molar-refractivity contribution is 5.66. The molecule has 0 aliphatic carbocycles. The van der Waals surface area contributed by atoms with Crippen LogP contribution in [-0.4, -0.2) is 56.0 Å². The minimum atomic E-state index is -0.645. The minimum absolute atomic E-state index is 0.189. The number of carbonyl (C=O) groups is 1. The van der Waals surface area contributed by atoms with Crippen LogP contribution in [-0.2, 0) is 23.7 Å². The Kier molecular flexibility index (Phi) is 11.3. The van der Waals surface area contributed by atoms with E-state index in [4.69, 9.17) is 18.9 Å². The van der Waals surface area contributed by atoms with Crippen LogP contribution in [0.3, 0.4) is 0 Å². The Morgan fingerprint density at radius 3 is 2.57 bits per heavy atom. The van der Waals surface area contributed by atoms with E-state index in [2.05, 4.69) is 26.8 Å². The van der Waals surface area contributed by atoms with E-state index >= 15 is 0 Å². The number of hydrogen-bond acceptors (Lipinski definition) is 6. The Balaban J connectivity index is 2.66. The lowest BCUT2D eigenvalue weighted by atomic mass is 9.85. The molecule has 1 fully saturated rings. The molecule has 1 aliphatic rings. The summed E-state index contributed by atoms with van der Waals surface area (Å²) in [7, 11) is 3.39. The fraction of sp³-hybridized carbons (Fsp3) is 0.792. The predicted octanol–water partition coefficient (Wildman–Crippen LogP) is 4.56. The highest BCUT2D eigenvalue weighted by Crippen LogP contribution is 2.35. The van der Waals surface area contributed by atoms with Gasteiger partial charge in [-0.05, 0) is 58.1 Å². The number of esters is 1. The van der Waals surface area contributed by atoms with Gasteiger partial charge in [-0.1, -0.05) is 25.0 Å². The van der Waals surface area contributed by atoms with Crippen molar-refractivity contribution in [1.29, 1.82) is 0 Å². The van der Waals surface area contributed by atoms with E-state index in [1.54, 1.807) is 14.2 Å². The zero-order valence-electron chi connectivity index (χ0n) is 20.0. The lowest BCUT2D eigenvalue weighted by Gasteiger charge is -2.37. The van der Waals surface area contributed by atoms with E-state index in [-0.39, 0.29) is 18.5 Å². The number of aliphatic hydroxyl groups excluding tert-OH is 1. The SMILES string of the molecule is COC(CC=C(C)C)(OC)C(C)CCCC1(C)OCC(=CCOC(C)=O)CC[C@@H]1O. The Labute approximate surface area is 182 Å². The molecule has 3 atom stereocenters.